The van der Waals surface area contributed by atoms with Gasteiger partial charge in [0.25, 0.3) is 10.6 Å². The van der Waals surface area contributed by atoms with Crippen LogP contribution in [0.15, 0.2) is 83.1 Å². The molecule has 47 heavy (non-hydrogen) atoms. The number of anilines is 1. The van der Waals surface area contributed by atoms with Gasteiger partial charge in [0.05, 0.1) is 36.2 Å². The third-order valence-corrected chi connectivity index (χ3v) is 10.9. The summed E-state index contributed by atoms with van der Waals surface area (Å²) in [6.45, 7) is 3.05. The van der Waals surface area contributed by atoms with Crippen molar-refractivity contribution in [3.8, 4) is 11.3 Å². The zero-order valence-corrected chi connectivity index (χ0v) is 31.2. The first-order chi connectivity index (χ1) is 21.9. The van der Waals surface area contributed by atoms with Crippen LogP contribution in [0.2, 0.25) is 0 Å². The van der Waals surface area contributed by atoms with Gasteiger partial charge in [0.2, 0.25) is 5.69 Å². The summed E-state index contributed by atoms with van der Waals surface area (Å²) in [4.78, 5) is 15.4. The molecule has 0 saturated carbocycles. The Labute approximate surface area is 304 Å². The van der Waals surface area contributed by atoms with Crippen molar-refractivity contribution in [3.63, 3.8) is 0 Å². The van der Waals surface area contributed by atoms with Crippen LogP contribution in [-0.4, -0.2) is 48.6 Å². The number of thiazole rings is 2. The van der Waals surface area contributed by atoms with E-state index >= 15 is 0 Å². The second-order valence-electron chi connectivity index (χ2n) is 10.5. The van der Waals surface area contributed by atoms with Crippen LogP contribution >= 0.6 is 22.7 Å². The van der Waals surface area contributed by atoms with Crippen molar-refractivity contribution in [3.05, 3.63) is 108 Å². The molecule has 0 bridgehead atoms. The van der Waals surface area contributed by atoms with Crippen molar-refractivity contribution in [2.75, 3.05) is 23.0 Å². The molecule has 3 heterocycles. The maximum absolute atomic E-state index is 13.5. The fraction of sp³-hybridized carbons (Fsp3) is 0.250. The Balaban J connectivity index is 0.00000500. The number of nitrogens with zero attached hydrogens (tertiary/aromatic N) is 3. The third-order valence-electron chi connectivity index (χ3n) is 7.36. The van der Waals surface area contributed by atoms with Crippen LogP contribution in [0.4, 0.5) is 5.69 Å². The summed E-state index contributed by atoms with van der Waals surface area (Å²) in [5, 5.41) is 2.81. The van der Waals surface area contributed by atoms with E-state index in [1.54, 1.807) is 10.6 Å². The summed E-state index contributed by atoms with van der Waals surface area (Å²) in [5.74, 6) is -0.897. The Kier molecular flexibility index (Phi) is 12.8. The fourth-order valence-electron chi connectivity index (χ4n) is 5.23. The molecule has 0 fully saturated rings. The molecular weight excluding hydrogens is 690 g/mol. The number of fused-ring (bicyclic) bond motifs is 1. The standard InChI is InChI=1S/C32H33N3O7S4.Na/c1-2-34-31(22-30-35(18-9-21-46(40,41)42)28(23-43-30)25-10-4-3-5-11-25)44-29(32(34)36)15-14-24-16-19-33(17-8-20-45(37,38)39)27-13-7-6-12-26(24)27;/h3-7,10-16,19,22-23H,2,8-9,17-18,20-21H2,1H3,(H-,37,38,39,40,41,42);/q;+1/p-1/b24-14+,29-15+;. The van der Waals surface area contributed by atoms with Gasteiger partial charge in [0, 0.05) is 54.0 Å². The Hall–Kier alpha value is -2.66. The molecule has 2 aromatic heterocycles. The van der Waals surface area contributed by atoms with Crippen molar-refractivity contribution in [1.82, 2.24) is 4.57 Å². The van der Waals surface area contributed by atoms with Crippen molar-refractivity contribution in [2.24, 2.45) is 0 Å². The number of benzene rings is 2. The molecule has 4 aromatic rings. The minimum atomic E-state index is -4.35. The van der Waals surface area contributed by atoms with Crippen molar-refractivity contribution >= 4 is 66.3 Å². The molecule has 1 aliphatic rings. The Morgan fingerprint density at radius 1 is 0.915 bits per heavy atom. The summed E-state index contributed by atoms with van der Waals surface area (Å²) in [6.07, 6.45) is 9.71. The predicted molar refractivity (Wildman–Crippen MR) is 181 cm³/mol. The molecule has 5 rings (SSSR count). The number of hydrogen-bond donors (Lipinski definition) is 0. The summed E-state index contributed by atoms with van der Waals surface area (Å²) >= 11 is 2.83. The van der Waals surface area contributed by atoms with Crippen LogP contribution in [0.1, 0.15) is 30.3 Å². The van der Waals surface area contributed by atoms with Crippen molar-refractivity contribution in [2.45, 2.75) is 32.9 Å². The molecule has 2 aromatic carbocycles. The molecule has 0 amide bonds. The SMILES string of the molecule is CCn1c(=O)/c(=C\C=C2/C=CN(CCCS(=O)(=O)[O-])c3ccccc32)s/c1=C\c1scc(-c2ccccc2)[n+]1CCCS(=O)(=O)[O-].[Na+]. The Bertz CT molecular complexity index is 2190. The Morgan fingerprint density at radius 3 is 2.30 bits per heavy atom. The summed E-state index contributed by atoms with van der Waals surface area (Å²) in [5.41, 5.74) is 4.39. The molecule has 0 aliphatic carbocycles. The van der Waals surface area contributed by atoms with Crippen LogP contribution in [0.3, 0.4) is 0 Å². The number of aromatic nitrogens is 2. The van der Waals surface area contributed by atoms with Gasteiger partial charge in [0.15, 0.2) is 6.54 Å². The van der Waals surface area contributed by atoms with E-state index in [0.717, 1.165) is 37.8 Å². The van der Waals surface area contributed by atoms with E-state index in [9.17, 15) is 30.7 Å². The van der Waals surface area contributed by atoms with Gasteiger partial charge in [-0.15, -0.1) is 11.3 Å². The van der Waals surface area contributed by atoms with Crippen molar-refractivity contribution < 1.29 is 60.1 Å². The van der Waals surface area contributed by atoms with Crippen LogP contribution < -0.4 is 53.8 Å². The van der Waals surface area contributed by atoms with E-state index in [0.29, 0.717) is 24.2 Å². The minimum absolute atomic E-state index is 0. The zero-order valence-electron chi connectivity index (χ0n) is 25.9. The van der Waals surface area contributed by atoms with E-state index in [1.165, 1.54) is 22.7 Å². The molecule has 0 radical (unpaired) electrons. The number of hydrogen-bond acceptors (Lipinski definition) is 10. The first-order valence-electron chi connectivity index (χ1n) is 14.5. The molecule has 0 atom stereocenters. The molecule has 1 aliphatic heterocycles. The second kappa shape index (κ2) is 16.2. The topological polar surface area (TPSA) is 144 Å². The Morgan fingerprint density at radius 2 is 1.60 bits per heavy atom. The minimum Gasteiger partial charge on any atom is -0.748 e. The quantitative estimate of drug-likeness (QED) is 0.112. The summed E-state index contributed by atoms with van der Waals surface area (Å²) in [6, 6.07) is 17.4. The summed E-state index contributed by atoms with van der Waals surface area (Å²) < 4.78 is 72.0. The van der Waals surface area contributed by atoms with E-state index in [1.807, 2.05) is 101 Å². The van der Waals surface area contributed by atoms with Gasteiger partial charge in [-0.2, -0.15) is 4.57 Å². The molecule has 15 heteroatoms. The monoisotopic (exact) mass is 721 g/mol. The van der Waals surface area contributed by atoms with Crippen LogP contribution in [0.25, 0.3) is 29.0 Å². The first kappa shape index (κ1) is 37.2. The number of allylic oxidation sites excluding steroid dienone is 3. The van der Waals surface area contributed by atoms with Gasteiger partial charge in [-0.05, 0) is 49.3 Å². The third kappa shape index (κ3) is 9.71. The normalized spacial score (nSPS) is 14.9. The number of rotatable bonds is 12. The summed E-state index contributed by atoms with van der Waals surface area (Å²) in [7, 11) is -8.64. The van der Waals surface area contributed by atoms with Crippen LogP contribution in [0, 0.1) is 0 Å². The van der Waals surface area contributed by atoms with Crippen LogP contribution in [-0.2, 0) is 33.3 Å². The van der Waals surface area contributed by atoms with E-state index < -0.39 is 31.7 Å². The van der Waals surface area contributed by atoms with Gasteiger partial charge in [-0.25, -0.2) is 16.8 Å². The largest absolute Gasteiger partial charge is 1.00 e. The fourth-order valence-corrected chi connectivity index (χ4v) is 8.31. The molecule has 0 spiro atoms. The smallest absolute Gasteiger partial charge is 0.748 e. The van der Waals surface area contributed by atoms with Gasteiger partial charge in [-0.1, -0.05) is 53.8 Å². The van der Waals surface area contributed by atoms with E-state index in [2.05, 4.69) is 0 Å². The van der Waals surface area contributed by atoms with E-state index in [4.69, 9.17) is 0 Å². The van der Waals surface area contributed by atoms with Gasteiger partial charge in [0.1, 0.15) is 4.66 Å². The average Bonchev–Trinajstić information content (AvgIpc) is 3.55. The van der Waals surface area contributed by atoms with E-state index in [-0.39, 0.29) is 48.0 Å². The maximum atomic E-state index is 13.5. The van der Waals surface area contributed by atoms with Crippen LogP contribution in [0.5, 0.6) is 0 Å². The second-order valence-corrected chi connectivity index (χ2v) is 15.5. The molecule has 0 N–H and O–H groups in total. The predicted octanol–water partition coefficient (Wildman–Crippen LogP) is -0.153. The first-order valence-corrected chi connectivity index (χ1v) is 19.4. The van der Waals surface area contributed by atoms with Gasteiger partial charge in [-0.3, -0.25) is 9.36 Å². The average molecular weight is 722 g/mol. The molecule has 10 nitrogen and oxygen atoms in total. The zero-order chi connectivity index (χ0) is 32.9. The molecule has 0 unspecified atom stereocenters. The van der Waals surface area contributed by atoms with Gasteiger partial charge < -0.3 is 14.0 Å². The molecule has 0 saturated heterocycles. The number of para-hydroxylation sites is 1. The molecule has 242 valence electrons. The van der Waals surface area contributed by atoms with Gasteiger partial charge >= 0.3 is 29.6 Å². The maximum Gasteiger partial charge on any atom is 1.00 e. The molecular formula is C32H32N3NaO7S4. The van der Waals surface area contributed by atoms with Crippen molar-refractivity contribution in [1.29, 1.82) is 0 Å².